The van der Waals surface area contributed by atoms with Gasteiger partial charge in [-0.15, -0.1) is 0 Å². The number of rotatable bonds is 2. The van der Waals surface area contributed by atoms with Gasteiger partial charge in [-0.3, -0.25) is 24.2 Å². The van der Waals surface area contributed by atoms with Crippen LogP contribution in [0.1, 0.15) is 12.5 Å². The number of imide groups is 2. The Morgan fingerprint density at radius 3 is 1.95 bits per heavy atom. The molecular weight excluding hydrogens is 288 g/mol. The van der Waals surface area contributed by atoms with E-state index >= 15 is 0 Å². The summed E-state index contributed by atoms with van der Waals surface area (Å²) in [6.07, 6.45) is 1.39. The molecule has 0 aliphatic carbocycles. The highest BCUT2D eigenvalue weighted by Gasteiger charge is 2.37. The molecule has 22 heavy (non-hydrogen) atoms. The van der Waals surface area contributed by atoms with Crippen LogP contribution in [0.15, 0.2) is 29.8 Å². The number of esters is 1. The van der Waals surface area contributed by atoms with E-state index in [-0.39, 0.29) is 5.57 Å². The summed E-state index contributed by atoms with van der Waals surface area (Å²) in [4.78, 5) is 48.3. The first-order valence-corrected chi connectivity index (χ1v) is 6.41. The van der Waals surface area contributed by atoms with E-state index in [9.17, 15) is 19.2 Å². The van der Waals surface area contributed by atoms with E-state index in [2.05, 4.69) is 0 Å². The monoisotopic (exact) mass is 302 g/mol. The van der Waals surface area contributed by atoms with Gasteiger partial charge in [-0.25, -0.2) is 4.79 Å². The van der Waals surface area contributed by atoms with Crippen LogP contribution in [0.2, 0.25) is 0 Å². The number of benzene rings is 1. The average molecular weight is 302 g/mol. The normalized spacial score (nSPS) is 15.2. The summed E-state index contributed by atoms with van der Waals surface area (Å²) in [6.45, 7) is 1.29. The number of ether oxygens (including phenoxy) is 1. The van der Waals surface area contributed by atoms with E-state index in [0.29, 0.717) is 11.3 Å². The van der Waals surface area contributed by atoms with Crippen LogP contribution in [0.4, 0.5) is 4.79 Å². The zero-order valence-corrected chi connectivity index (χ0v) is 12.3. The van der Waals surface area contributed by atoms with Crippen LogP contribution in [-0.4, -0.2) is 47.7 Å². The number of hydrogen-bond acceptors (Lipinski definition) is 5. The second kappa shape index (κ2) is 5.80. The van der Waals surface area contributed by atoms with Gasteiger partial charge in [-0.2, -0.15) is 0 Å². The van der Waals surface area contributed by atoms with Gasteiger partial charge in [0.05, 0.1) is 0 Å². The van der Waals surface area contributed by atoms with Gasteiger partial charge in [0.1, 0.15) is 11.3 Å². The summed E-state index contributed by atoms with van der Waals surface area (Å²) >= 11 is 0. The van der Waals surface area contributed by atoms with Crippen LogP contribution < -0.4 is 4.74 Å². The van der Waals surface area contributed by atoms with Crippen molar-refractivity contribution in [3.63, 3.8) is 0 Å². The van der Waals surface area contributed by atoms with Crippen LogP contribution >= 0.6 is 0 Å². The predicted molar refractivity (Wildman–Crippen MR) is 76.7 cm³/mol. The first kappa shape index (κ1) is 15.4. The van der Waals surface area contributed by atoms with Crippen LogP contribution in [0.25, 0.3) is 6.08 Å². The molecule has 1 saturated heterocycles. The minimum atomic E-state index is -0.669. The molecule has 2 rings (SSSR count). The van der Waals surface area contributed by atoms with E-state index in [1.807, 2.05) is 0 Å². The summed E-state index contributed by atoms with van der Waals surface area (Å²) in [5, 5.41) is 0. The maximum atomic E-state index is 12.0. The Labute approximate surface area is 126 Å². The third kappa shape index (κ3) is 2.88. The van der Waals surface area contributed by atoms with Crippen LogP contribution in [0.5, 0.6) is 5.75 Å². The lowest BCUT2D eigenvalue weighted by molar-refractivity contribution is -0.134. The minimum absolute atomic E-state index is 0.107. The number of amides is 4. The molecule has 7 nitrogen and oxygen atoms in total. The highest BCUT2D eigenvalue weighted by molar-refractivity contribution is 6.30. The summed E-state index contributed by atoms with van der Waals surface area (Å²) in [6, 6.07) is 5.62. The lowest BCUT2D eigenvalue weighted by Crippen LogP contribution is -2.52. The van der Waals surface area contributed by atoms with Crippen LogP contribution in [0.3, 0.4) is 0 Å². The fourth-order valence-corrected chi connectivity index (χ4v) is 1.94. The average Bonchev–Trinajstić information content (AvgIpc) is 2.49. The Kier molecular flexibility index (Phi) is 4.07. The molecule has 1 heterocycles. The zero-order chi connectivity index (χ0) is 16.4. The molecule has 0 radical (unpaired) electrons. The Morgan fingerprint density at radius 2 is 1.50 bits per heavy atom. The van der Waals surface area contributed by atoms with Crippen LogP contribution in [-0.2, 0) is 14.4 Å². The molecule has 0 saturated carbocycles. The molecule has 0 N–H and O–H groups in total. The first-order chi connectivity index (χ1) is 10.3. The molecule has 1 aromatic rings. The fraction of sp³-hybridized carbons (Fsp3) is 0.200. The van der Waals surface area contributed by atoms with Gasteiger partial charge in [0.15, 0.2) is 0 Å². The quantitative estimate of drug-likeness (QED) is 0.353. The Bertz CT molecular complexity index is 664. The maximum absolute atomic E-state index is 12.0. The van der Waals surface area contributed by atoms with Gasteiger partial charge >= 0.3 is 12.0 Å². The molecular formula is C15H14N2O5. The Balaban J connectivity index is 2.31. The molecule has 0 bridgehead atoms. The van der Waals surface area contributed by atoms with E-state index in [1.54, 1.807) is 24.3 Å². The molecule has 0 atom stereocenters. The summed E-state index contributed by atoms with van der Waals surface area (Å²) < 4.78 is 4.90. The summed E-state index contributed by atoms with van der Waals surface area (Å²) in [5.74, 6) is -1.39. The molecule has 0 unspecified atom stereocenters. The number of carbonyl (C=O) groups is 4. The molecule has 1 aromatic carbocycles. The van der Waals surface area contributed by atoms with Crippen molar-refractivity contribution < 1.29 is 23.9 Å². The summed E-state index contributed by atoms with van der Waals surface area (Å²) in [7, 11) is 2.62. The molecule has 7 heteroatoms. The third-order valence-corrected chi connectivity index (χ3v) is 3.10. The van der Waals surface area contributed by atoms with Crippen molar-refractivity contribution in [1.82, 2.24) is 9.80 Å². The van der Waals surface area contributed by atoms with Crippen molar-refractivity contribution in [3.05, 3.63) is 35.4 Å². The van der Waals surface area contributed by atoms with E-state index < -0.39 is 23.8 Å². The van der Waals surface area contributed by atoms with Crippen molar-refractivity contribution in [1.29, 1.82) is 0 Å². The number of likely N-dealkylation sites (N-methyl/N-ethyl adjacent to an activating group) is 2. The molecule has 1 fully saturated rings. The molecule has 1 aliphatic heterocycles. The maximum Gasteiger partial charge on any atom is 0.333 e. The van der Waals surface area contributed by atoms with Crippen molar-refractivity contribution in [2.75, 3.05) is 14.1 Å². The molecule has 1 aliphatic rings. The fourth-order valence-electron chi connectivity index (χ4n) is 1.94. The molecule has 4 amide bonds. The van der Waals surface area contributed by atoms with Gasteiger partial charge in [0.2, 0.25) is 0 Å². The highest BCUT2D eigenvalue weighted by Crippen LogP contribution is 2.19. The number of nitrogens with zero attached hydrogens (tertiary/aromatic N) is 2. The van der Waals surface area contributed by atoms with Gasteiger partial charge in [-0.05, 0) is 23.8 Å². The van der Waals surface area contributed by atoms with Gasteiger partial charge in [0.25, 0.3) is 11.8 Å². The van der Waals surface area contributed by atoms with Gasteiger partial charge < -0.3 is 4.74 Å². The molecule has 0 spiro atoms. The lowest BCUT2D eigenvalue weighted by atomic mass is 10.1. The van der Waals surface area contributed by atoms with Gasteiger partial charge in [0, 0.05) is 21.0 Å². The summed E-state index contributed by atoms with van der Waals surface area (Å²) in [5.41, 5.74) is 0.466. The first-order valence-electron chi connectivity index (χ1n) is 6.41. The zero-order valence-electron chi connectivity index (χ0n) is 12.3. The third-order valence-electron chi connectivity index (χ3n) is 3.10. The molecule has 114 valence electrons. The Morgan fingerprint density at radius 1 is 1.00 bits per heavy atom. The van der Waals surface area contributed by atoms with Crippen LogP contribution in [0, 0.1) is 0 Å². The SMILES string of the molecule is CC(=O)Oc1ccc(C=C2C(=O)N(C)C(=O)N(C)C2=O)cc1. The lowest BCUT2D eigenvalue weighted by Gasteiger charge is -2.28. The largest absolute Gasteiger partial charge is 0.427 e. The molecule has 0 aromatic heterocycles. The van der Waals surface area contributed by atoms with E-state index in [1.165, 1.54) is 27.1 Å². The second-order valence-corrected chi connectivity index (χ2v) is 4.73. The number of barbiturate groups is 1. The highest BCUT2D eigenvalue weighted by atomic mass is 16.5. The van der Waals surface area contributed by atoms with Crippen molar-refractivity contribution in [2.45, 2.75) is 6.92 Å². The topological polar surface area (TPSA) is 84.0 Å². The Hall–Kier alpha value is -2.96. The van der Waals surface area contributed by atoms with E-state index in [4.69, 9.17) is 4.74 Å². The van der Waals surface area contributed by atoms with E-state index in [0.717, 1.165) is 9.80 Å². The minimum Gasteiger partial charge on any atom is -0.427 e. The number of carbonyl (C=O) groups excluding carboxylic acids is 4. The van der Waals surface area contributed by atoms with Gasteiger partial charge in [-0.1, -0.05) is 12.1 Å². The number of urea groups is 1. The standard InChI is InChI=1S/C15H14N2O5/c1-9(18)22-11-6-4-10(5-7-11)8-12-13(19)16(2)15(21)17(3)14(12)20/h4-8H,1-3H3. The van der Waals surface area contributed by atoms with Crippen molar-refractivity contribution >= 4 is 29.9 Å². The second-order valence-electron chi connectivity index (χ2n) is 4.73. The number of hydrogen-bond donors (Lipinski definition) is 0. The smallest absolute Gasteiger partial charge is 0.333 e. The predicted octanol–water partition coefficient (Wildman–Crippen LogP) is 1.05. The van der Waals surface area contributed by atoms with Crippen molar-refractivity contribution in [3.8, 4) is 5.75 Å². The van der Waals surface area contributed by atoms with Crippen molar-refractivity contribution in [2.24, 2.45) is 0 Å².